The molecule has 5 nitrogen and oxygen atoms in total. The Morgan fingerprint density at radius 3 is 2.37 bits per heavy atom. The van der Waals surface area contributed by atoms with Crippen molar-refractivity contribution in [3.05, 3.63) is 94.4 Å². The van der Waals surface area contributed by atoms with Gasteiger partial charge >= 0.3 is 6.18 Å². The molecule has 0 saturated heterocycles. The summed E-state index contributed by atoms with van der Waals surface area (Å²) in [4.78, 5) is 28.4. The van der Waals surface area contributed by atoms with Crippen LogP contribution in [0, 0.1) is 0 Å². The van der Waals surface area contributed by atoms with E-state index < -0.39 is 17.6 Å². The molecule has 3 aromatic carbocycles. The maximum absolute atomic E-state index is 13.3. The molecule has 1 aliphatic heterocycles. The van der Waals surface area contributed by atoms with Crippen LogP contribution >= 0.6 is 11.8 Å². The van der Waals surface area contributed by atoms with Gasteiger partial charge in [0.25, 0.3) is 5.91 Å². The molecule has 0 aromatic heterocycles. The summed E-state index contributed by atoms with van der Waals surface area (Å²) < 4.78 is 43.7. The van der Waals surface area contributed by atoms with E-state index in [0.29, 0.717) is 21.9 Å². The van der Waals surface area contributed by atoms with E-state index in [4.69, 9.17) is 4.74 Å². The zero-order valence-corrected chi connectivity index (χ0v) is 19.5. The molecule has 0 radical (unpaired) electrons. The van der Waals surface area contributed by atoms with Gasteiger partial charge in [0.05, 0.1) is 23.3 Å². The third-order valence-corrected chi connectivity index (χ3v) is 6.40. The Labute approximate surface area is 204 Å². The van der Waals surface area contributed by atoms with Gasteiger partial charge in [-0.25, -0.2) is 0 Å². The van der Waals surface area contributed by atoms with Gasteiger partial charge in [-0.3, -0.25) is 14.5 Å². The highest BCUT2D eigenvalue weighted by molar-refractivity contribution is 8.04. The average Bonchev–Trinajstić information content (AvgIpc) is 2.85. The normalized spacial score (nSPS) is 14.6. The summed E-state index contributed by atoms with van der Waals surface area (Å²) in [6.45, 7) is 0.0897. The molecule has 4 rings (SSSR count). The monoisotopic (exact) mass is 498 g/mol. The summed E-state index contributed by atoms with van der Waals surface area (Å²) in [5.41, 5.74) is 1.18. The van der Waals surface area contributed by atoms with Crippen LogP contribution in [-0.2, 0) is 22.3 Å². The molecule has 0 saturated carbocycles. The summed E-state index contributed by atoms with van der Waals surface area (Å²) in [5, 5.41) is 2.81. The lowest BCUT2D eigenvalue weighted by Crippen LogP contribution is -2.42. The van der Waals surface area contributed by atoms with Gasteiger partial charge in [0.15, 0.2) is 0 Å². The maximum atomic E-state index is 13.3. The quantitative estimate of drug-likeness (QED) is 0.456. The first-order valence-electron chi connectivity index (χ1n) is 10.6. The van der Waals surface area contributed by atoms with Gasteiger partial charge in [-0.15, -0.1) is 0 Å². The van der Waals surface area contributed by atoms with Gasteiger partial charge in [-0.1, -0.05) is 48.2 Å². The van der Waals surface area contributed by atoms with Crippen molar-refractivity contribution >= 4 is 35.3 Å². The minimum absolute atomic E-state index is 0.198. The Balaban J connectivity index is 1.51. The topological polar surface area (TPSA) is 58.6 Å². The molecular weight excluding hydrogens is 477 g/mol. The standard InChI is InChI=1S/C26H21F3N2O3S/c1-34-20-12-8-18(9-13-20)15-30-24(32)16-31-21-4-2-3-5-22(21)35-23(25(31)33)14-17-6-10-19(11-7-17)26(27,28)29/h2-14H,15-16H2,1H3,(H,30,32)/b23-14+. The Hall–Kier alpha value is -3.72. The highest BCUT2D eigenvalue weighted by atomic mass is 32.2. The fourth-order valence-corrected chi connectivity index (χ4v) is 4.54. The zero-order chi connectivity index (χ0) is 25.0. The van der Waals surface area contributed by atoms with Gasteiger partial charge in [-0.05, 0) is 53.6 Å². The van der Waals surface area contributed by atoms with Crippen molar-refractivity contribution in [2.75, 3.05) is 18.6 Å². The van der Waals surface area contributed by atoms with Crippen molar-refractivity contribution in [2.24, 2.45) is 0 Å². The summed E-state index contributed by atoms with van der Waals surface area (Å²) in [7, 11) is 1.57. The molecule has 2 amide bonds. The number of fused-ring (bicyclic) bond motifs is 1. The van der Waals surface area contributed by atoms with Crippen molar-refractivity contribution in [1.82, 2.24) is 5.32 Å². The van der Waals surface area contributed by atoms with Crippen LogP contribution in [0.5, 0.6) is 5.75 Å². The number of hydrogen-bond donors (Lipinski definition) is 1. The number of nitrogens with zero attached hydrogens (tertiary/aromatic N) is 1. The molecule has 0 atom stereocenters. The van der Waals surface area contributed by atoms with Crippen molar-refractivity contribution in [1.29, 1.82) is 0 Å². The molecular formula is C26H21F3N2O3S. The first kappa shape index (κ1) is 24.4. The first-order valence-corrected chi connectivity index (χ1v) is 11.4. The van der Waals surface area contributed by atoms with Crippen LogP contribution in [0.2, 0.25) is 0 Å². The Bertz CT molecular complexity index is 1260. The number of halogens is 3. The van der Waals surface area contributed by atoms with Crippen molar-refractivity contribution in [3.63, 3.8) is 0 Å². The van der Waals surface area contributed by atoms with Crippen LogP contribution in [0.15, 0.2) is 82.6 Å². The fraction of sp³-hybridized carbons (Fsp3) is 0.154. The minimum atomic E-state index is -4.43. The van der Waals surface area contributed by atoms with Gasteiger partial charge < -0.3 is 10.1 Å². The van der Waals surface area contributed by atoms with E-state index in [1.54, 1.807) is 31.4 Å². The third-order valence-electron chi connectivity index (χ3n) is 5.32. The lowest BCUT2D eigenvalue weighted by molar-refractivity contribution is -0.137. The number of alkyl halides is 3. The lowest BCUT2D eigenvalue weighted by Gasteiger charge is -2.29. The van der Waals surface area contributed by atoms with E-state index in [-0.39, 0.29) is 19.0 Å². The third kappa shape index (κ3) is 5.86. The second-order valence-corrected chi connectivity index (χ2v) is 8.80. The largest absolute Gasteiger partial charge is 0.497 e. The summed E-state index contributed by atoms with van der Waals surface area (Å²) in [5.74, 6) is -0.0293. The Kier molecular flexibility index (Phi) is 7.16. The molecule has 0 fully saturated rings. The number of anilines is 1. The first-order chi connectivity index (χ1) is 16.7. The number of nitrogens with one attached hydrogen (secondary N) is 1. The number of methoxy groups -OCH3 is 1. The molecule has 0 unspecified atom stereocenters. The van der Waals surface area contributed by atoms with E-state index in [0.717, 1.165) is 22.6 Å². The zero-order valence-electron chi connectivity index (χ0n) is 18.6. The molecule has 180 valence electrons. The van der Waals surface area contributed by atoms with Crippen molar-refractivity contribution in [2.45, 2.75) is 17.6 Å². The second-order valence-electron chi connectivity index (χ2n) is 7.71. The second kappa shape index (κ2) is 10.3. The van der Waals surface area contributed by atoms with E-state index in [1.807, 2.05) is 24.3 Å². The van der Waals surface area contributed by atoms with E-state index in [2.05, 4.69) is 5.32 Å². The van der Waals surface area contributed by atoms with Gasteiger partial charge in [-0.2, -0.15) is 13.2 Å². The number of thioether (sulfide) groups is 1. The summed E-state index contributed by atoms with van der Waals surface area (Å²) >= 11 is 1.22. The predicted molar refractivity (Wildman–Crippen MR) is 129 cm³/mol. The van der Waals surface area contributed by atoms with Crippen LogP contribution in [0.3, 0.4) is 0 Å². The molecule has 0 spiro atoms. The van der Waals surface area contributed by atoms with Crippen molar-refractivity contribution in [3.8, 4) is 5.75 Å². The van der Waals surface area contributed by atoms with Crippen LogP contribution < -0.4 is 15.0 Å². The van der Waals surface area contributed by atoms with E-state index >= 15 is 0 Å². The summed E-state index contributed by atoms with van der Waals surface area (Å²) in [6.07, 6.45) is -2.90. The highest BCUT2D eigenvalue weighted by Gasteiger charge is 2.31. The minimum Gasteiger partial charge on any atom is -0.497 e. The molecule has 9 heteroatoms. The van der Waals surface area contributed by atoms with Gasteiger partial charge in [0.1, 0.15) is 12.3 Å². The number of amides is 2. The molecule has 0 aliphatic carbocycles. The predicted octanol–water partition coefficient (Wildman–Crippen LogP) is 5.51. The van der Waals surface area contributed by atoms with Crippen LogP contribution in [0.4, 0.5) is 18.9 Å². The van der Waals surface area contributed by atoms with E-state index in [9.17, 15) is 22.8 Å². The molecule has 0 bridgehead atoms. The number of carbonyl (C=O) groups excluding carboxylic acids is 2. The van der Waals surface area contributed by atoms with Crippen molar-refractivity contribution < 1.29 is 27.5 Å². The number of rotatable bonds is 6. The van der Waals surface area contributed by atoms with Crippen LogP contribution in [0.1, 0.15) is 16.7 Å². The SMILES string of the molecule is COc1ccc(CNC(=O)CN2C(=O)/C(=C\c3ccc(C(F)(F)F)cc3)Sc3ccccc32)cc1. The molecule has 1 heterocycles. The van der Waals surface area contributed by atoms with Gasteiger partial charge in [0, 0.05) is 11.4 Å². The molecule has 1 aliphatic rings. The number of benzene rings is 3. The smallest absolute Gasteiger partial charge is 0.416 e. The fourth-order valence-electron chi connectivity index (χ4n) is 3.48. The number of ether oxygens (including phenoxy) is 1. The van der Waals surface area contributed by atoms with Crippen LogP contribution in [-0.4, -0.2) is 25.5 Å². The summed E-state index contributed by atoms with van der Waals surface area (Å²) in [6, 6.07) is 19.0. The highest BCUT2D eigenvalue weighted by Crippen LogP contribution is 2.42. The lowest BCUT2D eigenvalue weighted by atomic mass is 10.1. The average molecular weight is 499 g/mol. The number of hydrogen-bond acceptors (Lipinski definition) is 4. The Morgan fingerprint density at radius 2 is 1.71 bits per heavy atom. The maximum Gasteiger partial charge on any atom is 0.416 e. The molecule has 35 heavy (non-hydrogen) atoms. The molecule has 1 N–H and O–H groups in total. The molecule has 3 aromatic rings. The van der Waals surface area contributed by atoms with Gasteiger partial charge in [0.2, 0.25) is 5.91 Å². The number of carbonyl (C=O) groups is 2. The van der Waals surface area contributed by atoms with E-state index in [1.165, 1.54) is 34.9 Å². The number of para-hydroxylation sites is 1. The Morgan fingerprint density at radius 1 is 1.03 bits per heavy atom. The van der Waals surface area contributed by atoms with Crippen LogP contribution in [0.25, 0.3) is 6.08 Å².